The van der Waals surface area contributed by atoms with Gasteiger partial charge in [-0.05, 0) is 53.8 Å². The van der Waals surface area contributed by atoms with Crippen molar-refractivity contribution in [2.75, 3.05) is 5.32 Å². The van der Waals surface area contributed by atoms with Crippen molar-refractivity contribution >= 4 is 92.9 Å². The van der Waals surface area contributed by atoms with Gasteiger partial charge in [0.2, 0.25) is 0 Å². The van der Waals surface area contributed by atoms with Crippen LogP contribution in [-0.4, -0.2) is 22.8 Å². The summed E-state index contributed by atoms with van der Waals surface area (Å²) in [6.45, 7) is 0. The van der Waals surface area contributed by atoms with Gasteiger partial charge in [0.1, 0.15) is 11.6 Å². The summed E-state index contributed by atoms with van der Waals surface area (Å²) >= 11 is 25.1. The highest BCUT2D eigenvalue weighted by Crippen LogP contribution is 2.44. The van der Waals surface area contributed by atoms with Crippen molar-refractivity contribution in [1.29, 1.82) is 0 Å². The number of hydrogen-bond donors (Lipinski definition) is 3. The number of azo groups is 1. The third-order valence-corrected chi connectivity index (χ3v) is 10.2. The predicted molar refractivity (Wildman–Crippen MR) is 194 cm³/mol. The van der Waals surface area contributed by atoms with Crippen molar-refractivity contribution in [3.63, 3.8) is 0 Å². The van der Waals surface area contributed by atoms with Crippen LogP contribution in [0.25, 0.3) is 6.08 Å². The molecule has 5 aromatic carbocycles. The Morgan fingerprint density at radius 3 is 2.22 bits per heavy atom. The molecule has 0 bridgehead atoms. The molecule has 9 nitrogen and oxygen atoms in total. The van der Waals surface area contributed by atoms with E-state index in [2.05, 4.69) is 25.9 Å². The second kappa shape index (κ2) is 12.5. The number of nitrogens with zero attached hydrogens (tertiary/aromatic N) is 4. The fourth-order valence-electron chi connectivity index (χ4n) is 6.05. The van der Waals surface area contributed by atoms with E-state index in [1.54, 1.807) is 54.6 Å². The number of aliphatic hydroxyl groups excluding tert-OH is 1. The molecule has 3 N–H and O–H groups in total. The average molecular weight is 738 g/mol. The summed E-state index contributed by atoms with van der Waals surface area (Å²) in [5.74, 6) is -1.10. The van der Waals surface area contributed by atoms with Crippen LogP contribution in [0.1, 0.15) is 27.5 Å². The fourth-order valence-corrected chi connectivity index (χ4v) is 7.08. The van der Waals surface area contributed by atoms with Gasteiger partial charge in [0.25, 0.3) is 11.8 Å². The number of aliphatic hydroxyl groups is 1. The molecule has 13 heteroatoms. The summed E-state index contributed by atoms with van der Waals surface area (Å²) in [5, 5.41) is 29.5. The standard InChI is InChI=1S/C37H20Cl4N6O3/c38-28-26-27(29(39)31(41)30(28)40)37(50)45-35(26)42-19-11-13-20(14-12-19)46-47-33-25-17(10-15-22-21-8-4-5-9-24(21)44-32(22)25)16-23(34(33)48)36(49)43-18-6-2-1-3-7-18/h1-16,33,48H,(H,43,49)(H,42,45,50). The number of benzene rings is 5. The Morgan fingerprint density at radius 2 is 1.46 bits per heavy atom. The van der Waals surface area contributed by atoms with E-state index in [0.717, 1.165) is 15.8 Å². The molecule has 8 rings (SSSR count). The number of anilines is 1. The van der Waals surface area contributed by atoms with Crippen LogP contribution >= 0.6 is 46.4 Å². The van der Waals surface area contributed by atoms with Crippen LogP contribution in [-0.2, 0) is 4.79 Å². The van der Waals surface area contributed by atoms with Crippen molar-refractivity contribution in [3.05, 3.63) is 160 Å². The number of fused-ring (bicyclic) bond motifs is 5. The maximum Gasteiger partial charge on any atom is 0.259 e. The zero-order valence-electron chi connectivity index (χ0n) is 25.4. The lowest BCUT2D eigenvalue weighted by Crippen LogP contribution is -2.25. The fraction of sp³-hybridized carbons (Fsp3) is 0.0270. The van der Waals surface area contributed by atoms with Crippen LogP contribution in [0.5, 0.6) is 0 Å². The maximum atomic E-state index is 13.4. The molecule has 244 valence electrons. The lowest BCUT2D eigenvalue weighted by atomic mass is 9.91. The van der Waals surface area contributed by atoms with Crippen molar-refractivity contribution in [2.45, 2.75) is 6.04 Å². The molecule has 0 spiro atoms. The number of halogens is 4. The van der Waals surface area contributed by atoms with Gasteiger partial charge in [0.05, 0.1) is 59.2 Å². The monoisotopic (exact) mass is 736 g/mol. The number of aliphatic imine (C=N–C) groups is 1. The molecule has 50 heavy (non-hydrogen) atoms. The normalized spacial score (nSPS) is 16.4. The Balaban J connectivity index is 1.17. The molecule has 0 radical (unpaired) electrons. The smallest absolute Gasteiger partial charge is 0.259 e. The number of hydrogen-bond acceptors (Lipinski definition) is 7. The van der Waals surface area contributed by atoms with Gasteiger partial charge in [-0.2, -0.15) is 10.2 Å². The molecule has 1 atom stereocenters. The summed E-state index contributed by atoms with van der Waals surface area (Å²) in [7, 11) is 0. The molecule has 3 aliphatic rings. The van der Waals surface area contributed by atoms with Gasteiger partial charge >= 0.3 is 0 Å². The van der Waals surface area contributed by atoms with Gasteiger partial charge < -0.3 is 15.7 Å². The van der Waals surface area contributed by atoms with Gasteiger partial charge in [-0.1, -0.05) is 94.9 Å². The van der Waals surface area contributed by atoms with Crippen molar-refractivity contribution in [3.8, 4) is 0 Å². The zero-order chi connectivity index (χ0) is 34.7. The number of nitrogens with one attached hydrogen (secondary N) is 2. The zero-order valence-corrected chi connectivity index (χ0v) is 28.4. The highest BCUT2D eigenvalue weighted by atomic mass is 35.5. The Kier molecular flexibility index (Phi) is 8.00. The Morgan fingerprint density at radius 1 is 0.780 bits per heavy atom. The molecule has 1 aliphatic carbocycles. The molecule has 0 saturated heterocycles. The molecule has 0 fully saturated rings. The molecule has 5 aromatic rings. The van der Waals surface area contributed by atoms with E-state index in [1.165, 1.54) is 0 Å². The molecule has 2 amide bonds. The first-order chi connectivity index (χ1) is 24.2. The first kappa shape index (κ1) is 31.9. The molecular formula is C37H20Cl4N6O3. The van der Waals surface area contributed by atoms with Gasteiger partial charge in [-0.15, -0.1) is 0 Å². The molecular weight excluding hydrogens is 718 g/mol. The van der Waals surface area contributed by atoms with E-state index in [4.69, 9.17) is 51.4 Å². The van der Waals surface area contributed by atoms with Crippen molar-refractivity contribution < 1.29 is 14.7 Å². The Bertz CT molecular complexity index is 2640. The number of rotatable bonds is 5. The first-order valence-corrected chi connectivity index (χ1v) is 16.6. The topological polar surface area (TPSA) is 128 Å². The predicted octanol–water partition coefficient (Wildman–Crippen LogP) is 8.74. The van der Waals surface area contributed by atoms with E-state index in [0.29, 0.717) is 33.5 Å². The average Bonchev–Trinajstić information content (AvgIpc) is 3.67. The van der Waals surface area contributed by atoms with Crippen LogP contribution in [0, 0.1) is 10.4 Å². The van der Waals surface area contributed by atoms with E-state index in [-0.39, 0.29) is 48.4 Å². The summed E-state index contributed by atoms with van der Waals surface area (Å²) in [6, 6.07) is 26.2. The van der Waals surface area contributed by atoms with Crippen LogP contribution in [0.3, 0.4) is 0 Å². The third-order valence-electron chi connectivity index (χ3n) is 8.40. The van der Waals surface area contributed by atoms with Gasteiger partial charge in [-0.25, -0.2) is 9.98 Å². The minimum Gasteiger partial charge on any atom is -0.509 e. The third kappa shape index (κ3) is 5.35. The lowest BCUT2D eigenvalue weighted by molar-refractivity contribution is -0.112. The molecule has 1 unspecified atom stereocenters. The summed E-state index contributed by atoms with van der Waals surface area (Å²) in [5.41, 5.74) is 3.16. The molecule has 2 heterocycles. The largest absolute Gasteiger partial charge is 0.509 e. The molecule has 0 saturated carbocycles. The van der Waals surface area contributed by atoms with Gasteiger partial charge in [0.15, 0.2) is 6.04 Å². The quantitative estimate of drug-likeness (QED) is 0.0930. The number of para-hydroxylation sites is 2. The number of carbonyl (C=O) groups is 2. The van der Waals surface area contributed by atoms with Gasteiger partial charge in [0, 0.05) is 21.7 Å². The lowest BCUT2D eigenvalue weighted by Gasteiger charge is -2.21. The summed E-state index contributed by atoms with van der Waals surface area (Å²) in [6.07, 6.45) is 1.64. The van der Waals surface area contributed by atoms with Crippen LogP contribution in [0.4, 0.5) is 22.7 Å². The van der Waals surface area contributed by atoms with Crippen LogP contribution in [0.15, 0.2) is 123 Å². The van der Waals surface area contributed by atoms with Crippen LogP contribution < -0.4 is 21.2 Å². The molecule has 2 aliphatic heterocycles. The summed E-state index contributed by atoms with van der Waals surface area (Å²) < 4.78 is 0. The second-order valence-corrected chi connectivity index (χ2v) is 12.9. The van der Waals surface area contributed by atoms with Crippen LogP contribution in [0.2, 0.25) is 20.1 Å². The highest BCUT2D eigenvalue weighted by molar-refractivity contribution is 6.55. The Hall–Kier alpha value is -5.32. The van der Waals surface area contributed by atoms with Crippen molar-refractivity contribution in [1.82, 2.24) is 5.32 Å². The highest BCUT2D eigenvalue weighted by Gasteiger charge is 2.34. The van der Waals surface area contributed by atoms with Crippen molar-refractivity contribution in [2.24, 2.45) is 20.2 Å². The minimum absolute atomic E-state index is 0.0132. The maximum absolute atomic E-state index is 13.4. The molecule has 0 aromatic heterocycles. The SMILES string of the molecule is O=C(Nc1ccccc1)C1=C(O)C(N=Nc2ccc(N=C3NC(=O)c4c(Cl)c(Cl)c(Cl)c(Cl)c43)cc2)c2c3c(ccc2=C1)=c1ccccc1=N3. The minimum atomic E-state index is -1.03. The van der Waals surface area contributed by atoms with E-state index < -0.39 is 17.9 Å². The second-order valence-electron chi connectivity index (χ2n) is 11.4. The summed E-state index contributed by atoms with van der Waals surface area (Å²) in [4.78, 5) is 35.5. The number of carbonyl (C=O) groups excluding carboxylic acids is 2. The van der Waals surface area contributed by atoms with E-state index >= 15 is 0 Å². The first-order valence-electron chi connectivity index (χ1n) is 15.1. The Labute approximate surface area is 303 Å². The van der Waals surface area contributed by atoms with E-state index in [9.17, 15) is 14.7 Å². The van der Waals surface area contributed by atoms with Gasteiger partial charge in [-0.3, -0.25) is 9.59 Å². The number of amidine groups is 1. The van der Waals surface area contributed by atoms with E-state index in [1.807, 2.05) is 42.5 Å². The number of amides is 2.